The summed E-state index contributed by atoms with van der Waals surface area (Å²) in [4.78, 5) is 16.7. The van der Waals surface area contributed by atoms with E-state index in [9.17, 15) is 4.79 Å². The highest BCUT2D eigenvalue weighted by Crippen LogP contribution is 2.28. The number of carbonyl (C=O) groups is 1. The van der Waals surface area contributed by atoms with Crippen molar-refractivity contribution >= 4 is 23.2 Å². The van der Waals surface area contributed by atoms with E-state index in [1.54, 1.807) is 18.4 Å². The molecule has 1 saturated heterocycles. The van der Waals surface area contributed by atoms with Gasteiger partial charge in [-0.2, -0.15) is 5.26 Å². The van der Waals surface area contributed by atoms with Crippen LogP contribution in [0.2, 0.25) is 5.02 Å². The van der Waals surface area contributed by atoms with E-state index in [0.717, 1.165) is 11.3 Å². The maximum Gasteiger partial charge on any atom is 0.257 e. The number of benzene rings is 1. The molecule has 2 aromatic rings. The Hall–Kier alpha value is -2.45. The highest BCUT2D eigenvalue weighted by molar-refractivity contribution is 6.33. The van der Waals surface area contributed by atoms with Crippen molar-refractivity contribution < 1.29 is 9.21 Å². The molecule has 5 nitrogen and oxygen atoms in total. The number of furan rings is 1. The smallest absolute Gasteiger partial charge is 0.257 e. The predicted molar refractivity (Wildman–Crippen MR) is 92.5 cm³/mol. The Bertz CT molecular complexity index is 795. The molecule has 0 aliphatic carbocycles. The van der Waals surface area contributed by atoms with Crippen LogP contribution in [0.5, 0.6) is 0 Å². The summed E-state index contributed by atoms with van der Waals surface area (Å²) >= 11 is 6.28. The number of anilines is 1. The molecular formula is C18H18ClN3O2. The van der Waals surface area contributed by atoms with Crippen LogP contribution in [0.15, 0.2) is 28.9 Å². The van der Waals surface area contributed by atoms with E-state index in [-0.39, 0.29) is 5.91 Å². The van der Waals surface area contributed by atoms with Gasteiger partial charge in [0.25, 0.3) is 5.91 Å². The average molecular weight is 344 g/mol. The highest BCUT2D eigenvalue weighted by Gasteiger charge is 2.26. The van der Waals surface area contributed by atoms with Crippen LogP contribution in [0.3, 0.4) is 0 Å². The van der Waals surface area contributed by atoms with Gasteiger partial charge in [0, 0.05) is 31.7 Å². The number of rotatable bonds is 2. The molecule has 0 radical (unpaired) electrons. The average Bonchev–Trinajstić information content (AvgIpc) is 2.93. The lowest BCUT2D eigenvalue weighted by atomic mass is 10.1. The largest absolute Gasteiger partial charge is 0.469 e. The van der Waals surface area contributed by atoms with E-state index in [2.05, 4.69) is 11.0 Å². The highest BCUT2D eigenvalue weighted by atomic mass is 35.5. The molecule has 0 bridgehead atoms. The maximum atomic E-state index is 12.7. The van der Waals surface area contributed by atoms with Crippen LogP contribution in [0.1, 0.15) is 27.2 Å². The van der Waals surface area contributed by atoms with E-state index in [0.29, 0.717) is 48.1 Å². The Morgan fingerprint density at radius 3 is 2.50 bits per heavy atom. The lowest BCUT2D eigenvalue weighted by molar-refractivity contribution is 0.0744. The van der Waals surface area contributed by atoms with E-state index in [1.165, 1.54) is 0 Å². The normalized spacial score (nSPS) is 14.6. The van der Waals surface area contributed by atoms with Crippen LogP contribution >= 0.6 is 11.6 Å². The summed E-state index contributed by atoms with van der Waals surface area (Å²) in [5.74, 6) is 0.680. The molecule has 2 heterocycles. The van der Waals surface area contributed by atoms with Crippen LogP contribution in [0.25, 0.3) is 0 Å². The number of hydrogen-bond acceptors (Lipinski definition) is 4. The van der Waals surface area contributed by atoms with Crippen molar-refractivity contribution in [1.29, 1.82) is 5.26 Å². The van der Waals surface area contributed by atoms with Gasteiger partial charge in [0.1, 0.15) is 5.76 Å². The molecule has 1 aromatic heterocycles. The van der Waals surface area contributed by atoms with E-state index in [1.807, 2.05) is 24.8 Å². The molecule has 24 heavy (non-hydrogen) atoms. The Balaban J connectivity index is 1.70. The van der Waals surface area contributed by atoms with Crippen molar-refractivity contribution in [3.8, 4) is 6.07 Å². The lowest BCUT2D eigenvalue weighted by Crippen LogP contribution is -2.49. The standard InChI is InChI=1S/C18H18ClN3O2/c1-12-11-24-13(2)17(12)18(23)22-7-5-21(6-8-22)16-4-3-14(10-20)9-15(16)19/h3-4,9,11H,5-8H2,1-2H3. The minimum atomic E-state index is 0.0179. The van der Waals surface area contributed by atoms with Crippen LogP contribution in [0.4, 0.5) is 5.69 Å². The molecule has 6 heteroatoms. The summed E-state index contributed by atoms with van der Waals surface area (Å²) in [7, 11) is 0. The quantitative estimate of drug-likeness (QED) is 0.838. The fourth-order valence-corrected chi connectivity index (χ4v) is 3.33. The van der Waals surface area contributed by atoms with Crippen molar-refractivity contribution in [2.45, 2.75) is 13.8 Å². The molecular weight excluding hydrogens is 326 g/mol. The van der Waals surface area contributed by atoms with E-state index >= 15 is 0 Å². The number of nitriles is 1. The molecule has 124 valence electrons. The van der Waals surface area contributed by atoms with Crippen molar-refractivity contribution in [3.63, 3.8) is 0 Å². The summed E-state index contributed by atoms with van der Waals surface area (Å²) in [6, 6.07) is 7.38. The predicted octanol–water partition coefficient (Wildman–Crippen LogP) is 3.38. The topological polar surface area (TPSA) is 60.5 Å². The third kappa shape index (κ3) is 2.98. The first-order valence-electron chi connectivity index (χ1n) is 7.80. The second-order valence-electron chi connectivity index (χ2n) is 5.91. The number of hydrogen-bond donors (Lipinski definition) is 0. The second-order valence-corrected chi connectivity index (χ2v) is 6.31. The molecule has 1 aliphatic heterocycles. The molecule has 0 atom stereocenters. The molecule has 3 rings (SSSR count). The zero-order chi connectivity index (χ0) is 17.3. The van der Waals surface area contributed by atoms with Gasteiger partial charge in [0.2, 0.25) is 0 Å². The lowest BCUT2D eigenvalue weighted by Gasteiger charge is -2.36. The molecule has 0 unspecified atom stereocenters. The first kappa shape index (κ1) is 16.4. The molecule has 1 fully saturated rings. The molecule has 0 N–H and O–H groups in total. The molecule has 0 spiro atoms. The Labute approximate surface area is 146 Å². The molecule has 1 amide bonds. The number of nitrogens with zero attached hydrogens (tertiary/aromatic N) is 3. The van der Waals surface area contributed by atoms with Gasteiger partial charge in [-0.1, -0.05) is 11.6 Å². The zero-order valence-electron chi connectivity index (χ0n) is 13.7. The molecule has 1 aliphatic rings. The summed E-state index contributed by atoms with van der Waals surface area (Å²) in [6.07, 6.45) is 1.62. The van der Waals surface area contributed by atoms with Crippen molar-refractivity contribution in [2.24, 2.45) is 0 Å². The maximum absolute atomic E-state index is 12.7. The number of amides is 1. The van der Waals surface area contributed by atoms with Crippen LogP contribution in [-0.4, -0.2) is 37.0 Å². The Kier molecular flexibility index (Phi) is 4.50. The molecule has 1 aromatic carbocycles. The number of carbonyl (C=O) groups excluding carboxylic acids is 1. The Morgan fingerprint density at radius 1 is 1.25 bits per heavy atom. The first-order valence-corrected chi connectivity index (χ1v) is 8.17. The third-order valence-electron chi connectivity index (χ3n) is 4.36. The molecule has 0 saturated carbocycles. The third-order valence-corrected chi connectivity index (χ3v) is 4.66. The number of halogens is 1. The monoisotopic (exact) mass is 343 g/mol. The fraction of sp³-hybridized carbons (Fsp3) is 0.333. The van der Waals surface area contributed by atoms with Gasteiger partial charge in [-0.25, -0.2) is 0 Å². The van der Waals surface area contributed by atoms with Gasteiger partial charge in [-0.05, 0) is 32.0 Å². The van der Waals surface area contributed by atoms with E-state index in [4.69, 9.17) is 21.3 Å². The van der Waals surface area contributed by atoms with Gasteiger partial charge >= 0.3 is 0 Å². The summed E-state index contributed by atoms with van der Waals surface area (Å²) in [5, 5.41) is 9.49. The van der Waals surface area contributed by atoms with Gasteiger partial charge in [-0.15, -0.1) is 0 Å². The van der Waals surface area contributed by atoms with Crippen LogP contribution < -0.4 is 4.90 Å². The second kappa shape index (κ2) is 6.58. The van der Waals surface area contributed by atoms with Gasteiger partial charge in [-0.3, -0.25) is 4.79 Å². The minimum Gasteiger partial charge on any atom is -0.469 e. The van der Waals surface area contributed by atoms with Gasteiger partial charge in [0.15, 0.2) is 0 Å². The van der Waals surface area contributed by atoms with Crippen molar-refractivity contribution in [1.82, 2.24) is 4.90 Å². The van der Waals surface area contributed by atoms with Crippen molar-refractivity contribution in [2.75, 3.05) is 31.1 Å². The van der Waals surface area contributed by atoms with Crippen LogP contribution in [-0.2, 0) is 0 Å². The van der Waals surface area contributed by atoms with Gasteiger partial charge in [0.05, 0.1) is 34.2 Å². The summed E-state index contributed by atoms with van der Waals surface area (Å²) in [5.41, 5.74) is 2.98. The summed E-state index contributed by atoms with van der Waals surface area (Å²) in [6.45, 7) is 6.35. The van der Waals surface area contributed by atoms with Crippen LogP contribution in [0, 0.1) is 25.2 Å². The minimum absolute atomic E-state index is 0.0179. The number of aryl methyl sites for hydroxylation is 2. The summed E-state index contributed by atoms with van der Waals surface area (Å²) < 4.78 is 5.33. The number of piperazine rings is 1. The first-order chi connectivity index (χ1) is 11.5. The van der Waals surface area contributed by atoms with Gasteiger partial charge < -0.3 is 14.2 Å². The Morgan fingerprint density at radius 2 is 1.96 bits per heavy atom. The fourth-order valence-electron chi connectivity index (χ4n) is 3.03. The van der Waals surface area contributed by atoms with Crippen molar-refractivity contribution in [3.05, 3.63) is 51.9 Å². The van der Waals surface area contributed by atoms with E-state index < -0.39 is 0 Å². The zero-order valence-corrected chi connectivity index (χ0v) is 14.4. The SMILES string of the molecule is Cc1coc(C)c1C(=O)N1CCN(c2ccc(C#N)cc2Cl)CC1.